The molecule has 16 aromatic rings. The van der Waals surface area contributed by atoms with Gasteiger partial charge in [0.1, 0.15) is 46.4 Å². The maximum Gasteiger partial charge on any atom is 0.413 e. The van der Waals surface area contributed by atoms with Crippen LogP contribution >= 0.6 is 0 Å². The molecule has 128 heavy (non-hydrogen) atoms. The molecule has 2 aliphatic rings. The highest BCUT2D eigenvalue weighted by molar-refractivity contribution is 6.02. The van der Waals surface area contributed by atoms with Crippen molar-refractivity contribution in [3.63, 3.8) is 0 Å². The van der Waals surface area contributed by atoms with Gasteiger partial charge in [-0.2, -0.15) is 5.10 Å². The van der Waals surface area contributed by atoms with Crippen molar-refractivity contribution in [1.29, 1.82) is 0 Å². The zero-order valence-electron chi connectivity index (χ0n) is 70.1. The number of carbonyl (C=O) groups is 7. The molecule has 12 N–H and O–H groups in total. The maximum absolute atomic E-state index is 12.3. The number of aryl methyl sites for hydroxylation is 1. The summed E-state index contributed by atoms with van der Waals surface area (Å²) in [5.74, 6) is 1.87. The number of fused-ring (bicyclic) bond motifs is 4. The molecule has 0 spiro atoms. The van der Waals surface area contributed by atoms with Crippen molar-refractivity contribution in [1.82, 2.24) is 120 Å². The molecule has 652 valence electrons. The van der Waals surface area contributed by atoms with Crippen LogP contribution in [0.15, 0.2) is 186 Å². The van der Waals surface area contributed by atoms with Gasteiger partial charge in [0.15, 0.2) is 5.82 Å². The molecule has 0 aliphatic heterocycles. The molecule has 12 heterocycles. The number of anilines is 4. The quantitative estimate of drug-likeness (QED) is 0.0265. The van der Waals surface area contributed by atoms with Crippen LogP contribution in [0.5, 0.6) is 0 Å². The summed E-state index contributed by atoms with van der Waals surface area (Å²) in [5, 5.41) is 25.3. The minimum absolute atomic E-state index is 0.122. The van der Waals surface area contributed by atoms with Crippen LogP contribution in [0.2, 0.25) is 0 Å². The van der Waals surface area contributed by atoms with Crippen LogP contribution in [0.25, 0.3) is 123 Å². The number of hydrogen-bond acceptors (Lipinski definition) is 27. The van der Waals surface area contributed by atoms with Crippen molar-refractivity contribution >= 4 is 110 Å². The third-order valence-electron chi connectivity index (χ3n) is 19.3. The zero-order chi connectivity index (χ0) is 89.6. The molecule has 0 saturated heterocycles. The molecular formula is C86H84N28O14. The third kappa shape index (κ3) is 20.9. The molecular weight excluding hydrogens is 1650 g/mol. The summed E-state index contributed by atoms with van der Waals surface area (Å²) in [5.41, 5.74) is 13.9. The van der Waals surface area contributed by atoms with Crippen LogP contribution in [-0.4, -0.2) is 205 Å². The lowest BCUT2D eigenvalue weighted by Crippen LogP contribution is -2.25. The van der Waals surface area contributed by atoms with Gasteiger partial charge in [0.2, 0.25) is 29.7 Å². The second-order valence-corrected chi connectivity index (χ2v) is 29.0. The Hall–Kier alpha value is -17.0. The Bertz CT molecular complexity index is 6920. The molecule has 18 rings (SSSR count). The Morgan fingerprint density at radius 3 is 1.48 bits per heavy atom. The van der Waals surface area contributed by atoms with Gasteiger partial charge in [0.05, 0.1) is 83.7 Å². The first-order valence-corrected chi connectivity index (χ1v) is 40.3. The minimum Gasteiger partial charge on any atom is -0.450 e. The zero-order valence-corrected chi connectivity index (χ0v) is 70.1. The monoisotopic (exact) mass is 1730 g/mol. The molecule has 12 aromatic heterocycles. The molecule has 4 aromatic carbocycles. The smallest absolute Gasteiger partial charge is 0.413 e. The van der Waals surface area contributed by atoms with Crippen LogP contribution in [0.4, 0.5) is 43.0 Å². The predicted molar refractivity (Wildman–Crippen MR) is 470 cm³/mol. The molecule has 0 radical (unpaired) electrons. The highest BCUT2D eigenvalue weighted by Crippen LogP contribution is 2.38. The fraction of sp³-hybridized carbons (Fsp3) is 0.221. The minimum atomic E-state index is -0.638. The molecule has 2 saturated carbocycles. The lowest BCUT2D eigenvalue weighted by atomic mass is 10.00. The van der Waals surface area contributed by atoms with Crippen LogP contribution in [0.1, 0.15) is 90.5 Å². The SMILES string of the molecule is CCOC(=O)Nc1nc2c(-c3cc(C(=O)NC)ccn3)cc(-c3cccnc3)cc2[nH]1.CCOC(=O)Nc1nc2c(-c3ccc(=O)[nH]n3)cc(-n3cnc(C(=O)NC4CC4)c3)cc2[nH]1.CCOC(=O)Nc1nc2c(-c3ncc(CN(C)C)o3)cc(-c3ccn(C)c(=O)c3)cc2[nH]1.CCOC(=O)Nc1nc2c(-c3ncccn3)cc(-n3cnc(C(=O)NC4CC4)c3)cc2[nH]1. The van der Waals surface area contributed by atoms with Crippen molar-refractivity contribution in [3.05, 3.63) is 215 Å². The Labute approximate surface area is 725 Å². The van der Waals surface area contributed by atoms with E-state index in [1.807, 2.05) is 79.7 Å². The van der Waals surface area contributed by atoms with Crippen LogP contribution in [0.3, 0.4) is 0 Å². The summed E-state index contributed by atoms with van der Waals surface area (Å²) < 4.78 is 30.6. The van der Waals surface area contributed by atoms with E-state index in [0.29, 0.717) is 124 Å². The van der Waals surface area contributed by atoms with E-state index in [9.17, 15) is 43.2 Å². The number of pyridine rings is 3. The van der Waals surface area contributed by atoms with E-state index >= 15 is 0 Å². The van der Waals surface area contributed by atoms with Gasteiger partial charge < -0.3 is 77.9 Å². The number of nitrogens with one attached hydrogen (secondary N) is 12. The Balaban J connectivity index is 0.000000131. The van der Waals surface area contributed by atoms with Crippen molar-refractivity contribution in [2.75, 3.05) is 68.8 Å². The number of imidazole rings is 6. The average molecular weight is 1730 g/mol. The van der Waals surface area contributed by atoms with Gasteiger partial charge >= 0.3 is 24.4 Å². The lowest BCUT2D eigenvalue weighted by molar-refractivity contribution is 0.0938. The van der Waals surface area contributed by atoms with E-state index < -0.39 is 24.4 Å². The number of hydrogen-bond donors (Lipinski definition) is 12. The number of oxazole rings is 1. The summed E-state index contributed by atoms with van der Waals surface area (Å²) in [7, 11) is 7.16. The van der Waals surface area contributed by atoms with Crippen LogP contribution in [-0.2, 0) is 32.5 Å². The number of benzene rings is 4. The normalized spacial score (nSPS) is 12.1. The first-order chi connectivity index (χ1) is 62.0. The summed E-state index contributed by atoms with van der Waals surface area (Å²) in [6.45, 7) is 8.43. The second-order valence-electron chi connectivity index (χ2n) is 29.0. The highest BCUT2D eigenvalue weighted by Gasteiger charge is 2.28. The first-order valence-electron chi connectivity index (χ1n) is 40.3. The fourth-order valence-corrected chi connectivity index (χ4v) is 13.1. The van der Waals surface area contributed by atoms with Gasteiger partial charge in [-0.15, -0.1) is 0 Å². The third-order valence-corrected chi connectivity index (χ3v) is 19.3. The fourth-order valence-electron chi connectivity index (χ4n) is 13.1. The van der Waals surface area contributed by atoms with Crippen molar-refractivity contribution < 1.29 is 56.9 Å². The van der Waals surface area contributed by atoms with E-state index in [-0.39, 0.29) is 91.1 Å². The molecule has 7 amide bonds. The van der Waals surface area contributed by atoms with Gasteiger partial charge in [-0.05, 0) is 169 Å². The molecule has 2 fully saturated rings. The first kappa shape index (κ1) is 86.0. The van der Waals surface area contributed by atoms with Gasteiger partial charge in [-0.1, -0.05) is 6.07 Å². The highest BCUT2D eigenvalue weighted by atomic mass is 16.6. The standard InChI is InChI=1S/C22H24N6O4.C22H20N6O3.C21H20N8O4.C21H20N8O3/c1-5-31-22(30)26-21-24-17-9-14(13-6-7-28(4)18(29)10-13)8-16(19(17)25-21)20-23-11-15(32-20)12-27(2)3;1-3-31-22(30)28-21-26-18-11-15(14-5-4-7-24-12-14)9-16(19(18)27-21)17-10-13(6-8-25-17)20(29)23-2;1-2-33-21(32)26-20-24-15-8-12(29-9-16(22-10-29)19(31)23-11-3-4-11)7-13(18(15)25-20)14-5-6-17(30)28-27-14;1-2-32-21(31)28-20-26-15-9-13(8-14(17(15)27-20)18-22-6-3-7-23-18)29-10-16(24-11-29)19(30)25-12-4-5-12/h6-11H,5,12H2,1-4H3,(H2,24,25,26,30);4-12H,3H2,1-2H3,(H,23,29)(H2,26,27,28,30);5-11H,2-4H2,1H3,(H,23,31)(H,28,30)(H2,24,25,26,32);3,6-12H,2,4-5H2,1H3,(H,25,30)(H2,26,27,28,31). The van der Waals surface area contributed by atoms with E-state index in [2.05, 4.69) is 122 Å². The largest absolute Gasteiger partial charge is 0.450 e. The molecule has 0 bridgehead atoms. The lowest BCUT2D eigenvalue weighted by Gasteiger charge is -2.08. The predicted octanol–water partition coefficient (Wildman–Crippen LogP) is 11.5. The number of nitrogens with zero attached hydrogens (tertiary/aromatic N) is 16. The Kier molecular flexibility index (Phi) is 26.0. The second kappa shape index (κ2) is 38.6. The van der Waals surface area contributed by atoms with Crippen LogP contribution in [0, 0.1) is 0 Å². The van der Waals surface area contributed by atoms with E-state index in [1.54, 1.807) is 156 Å². The number of carbonyl (C=O) groups excluding carboxylic acids is 7. The van der Waals surface area contributed by atoms with Crippen molar-refractivity contribution in [2.24, 2.45) is 7.05 Å². The number of ether oxygens (including phenoxy) is 4. The molecule has 0 atom stereocenters. The molecule has 42 heteroatoms. The van der Waals surface area contributed by atoms with Gasteiger partial charge in [-0.25, -0.2) is 69.1 Å². The van der Waals surface area contributed by atoms with Gasteiger partial charge in [0, 0.05) is 127 Å². The molecule has 2 aliphatic carbocycles. The summed E-state index contributed by atoms with van der Waals surface area (Å²) in [4.78, 5) is 170. The topological polar surface area (TPSA) is 540 Å². The Morgan fingerprint density at radius 1 is 0.492 bits per heavy atom. The van der Waals surface area contributed by atoms with Gasteiger partial charge in [-0.3, -0.25) is 55.2 Å². The van der Waals surface area contributed by atoms with Crippen molar-refractivity contribution in [2.45, 2.75) is 72.0 Å². The number of amides is 7. The van der Waals surface area contributed by atoms with Gasteiger partial charge in [0.25, 0.3) is 28.8 Å². The number of rotatable bonds is 23. The summed E-state index contributed by atoms with van der Waals surface area (Å²) >= 11 is 0. The summed E-state index contributed by atoms with van der Waals surface area (Å²) in [6.07, 6.45) is 19.7. The maximum atomic E-state index is 12.3. The van der Waals surface area contributed by atoms with E-state index in [0.717, 1.165) is 53.6 Å². The summed E-state index contributed by atoms with van der Waals surface area (Å²) in [6, 6.07) is 30.6. The van der Waals surface area contributed by atoms with Crippen molar-refractivity contribution in [3.8, 4) is 79.0 Å². The van der Waals surface area contributed by atoms with E-state index in [4.69, 9.17) is 23.4 Å². The Morgan fingerprint density at radius 2 is 0.992 bits per heavy atom. The van der Waals surface area contributed by atoms with Crippen LogP contribution < -0.4 is 48.3 Å². The average Bonchev–Trinajstić information content (AvgIpc) is 1.59. The number of aromatic nitrogens is 20. The molecule has 0 unspecified atom stereocenters. The number of H-pyrrole nitrogens is 5. The van der Waals surface area contributed by atoms with E-state index in [1.165, 1.54) is 10.6 Å². The number of aromatic amines is 5. The molecule has 42 nitrogen and oxygen atoms in total.